The van der Waals surface area contributed by atoms with Crippen molar-refractivity contribution in [3.63, 3.8) is 0 Å². The van der Waals surface area contributed by atoms with Crippen molar-refractivity contribution in [2.45, 2.75) is 6.92 Å². The third-order valence-corrected chi connectivity index (χ3v) is 3.85. The Balaban J connectivity index is 2.12. The number of nitrogens with two attached hydrogens (primary N) is 1. The number of nitrogens with zero attached hydrogens (tertiary/aromatic N) is 2. The fourth-order valence-electron chi connectivity index (χ4n) is 1.94. The van der Waals surface area contributed by atoms with Gasteiger partial charge in [0, 0.05) is 5.56 Å². The summed E-state index contributed by atoms with van der Waals surface area (Å²) in [6, 6.07) is 12.3. The van der Waals surface area contributed by atoms with Crippen LogP contribution < -0.4 is 5.73 Å². The van der Waals surface area contributed by atoms with Gasteiger partial charge >= 0.3 is 0 Å². The van der Waals surface area contributed by atoms with E-state index in [2.05, 4.69) is 9.98 Å². The van der Waals surface area contributed by atoms with Crippen LogP contribution in [-0.4, -0.2) is 10.8 Å². The van der Waals surface area contributed by atoms with E-state index in [4.69, 9.17) is 5.73 Å². The maximum Gasteiger partial charge on any atom is 0.133 e. The third kappa shape index (κ3) is 2.40. The van der Waals surface area contributed by atoms with Crippen molar-refractivity contribution in [3.05, 3.63) is 48.3 Å². The molecule has 3 nitrogen and oxygen atoms in total. The monoisotopic (exact) mass is 285 g/mol. The molecule has 0 amide bonds. The zero-order valence-corrected chi connectivity index (χ0v) is 11.6. The molecule has 0 aliphatic heterocycles. The zero-order valence-electron chi connectivity index (χ0n) is 10.8. The minimum atomic E-state index is -0.261. The molecule has 0 aliphatic rings. The van der Waals surface area contributed by atoms with Crippen LogP contribution in [-0.2, 0) is 0 Å². The SMILES string of the molecule is CC(N)=Nc1ccc2sc(-c3ccccc3F)nc2c1. The maximum atomic E-state index is 13.8. The van der Waals surface area contributed by atoms with Gasteiger partial charge in [-0.05, 0) is 37.3 Å². The van der Waals surface area contributed by atoms with Gasteiger partial charge in [0.25, 0.3) is 0 Å². The quantitative estimate of drug-likeness (QED) is 0.569. The van der Waals surface area contributed by atoms with E-state index in [1.54, 1.807) is 25.1 Å². The molecule has 0 radical (unpaired) electrons. The van der Waals surface area contributed by atoms with Crippen LogP contribution in [0.4, 0.5) is 10.1 Å². The first-order chi connectivity index (χ1) is 9.63. The highest BCUT2D eigenvalue weighted by Crippen LogP contribution is 2.33. The maximum absolute atomic E-state index is 13.8. The Morgan fingerprint density at radius 1 is 1.25 bits per heavy atom. The van der Waals surface area contributed by atoms with E-state index in [9.17, 15) is 4.39 Å². The Morgan fingerprint density at radius 3 is 2.80 bits per heavy atom. The summed E-state index contributed by atoms with van der Waals surface area (Å²) < 4.78 is 14.8. The molecule has 2 N–H and O–H groups in total. The first-order valence-electron chi connectivity index (χ1n) is 6.10. The van der Waals surface area contributed by atoms with Gasteiger partial charge in [0.05, 0.1) is 21.7 Å². The second-order valence-corrected chi connectivity index (χ2v) is 5.43. The summed E-state index contributed by atoms with van der Waals surface area (Å²) in [6.45, 7) is 1.73. The highest BCUT2D eigenvalue weighted by molar-refractivity contribution is 7.21. The summed E-state index contributed by atoms with van der Waals surface area (Å²) in [6.07, 6.45) is 0. The van der Waals surface area contributed by atoms with E-state index in [1.165, 1.54) is 17.4 Å². The van der Waals surface area contributed by atoms with E-state index < -0.39 is 0 Å². The molecule has 0 spiro atoms. The number of benzene rings is 2. The van der Waals surface area contributed by atoms with Crippen LogP contribution in [0.5, 0.6) is 0 Å². The molecule has 0 saturated heterocycles. The Bertz CT molecular complexity index is 804. The molecule has 0 unspecified atom stereocenters. The van der Waals surface area contributed by atoms with Crippen LogP contribution in [0.15, 0.2) is 47.5 Å². The second kappa shape index (κ2) is 5.02. The van der Waals surface area contributed by atoms with Gasteiger partial charge in [-0.3, -0.25) is 0 Å². The molecule has 1 heterocycles. The van der Waals surface area contributed by atoms with Crippen LogP contribution >= 0.6 is 11.3 Å². The number of rotatable bonds is 2. The summed E-state index contributed by atoms with van der Waals surface area (Å²) in [4.78, 5) is 8.67. The Kier molecular flexibility index (Phi) is 3.20. The molecule has 5 heteroatoms. The lowest BCUT2D eigenvalue weighted by Gasteiger charge is -1.96. The van der Waals surface area contributed by atoms with Crippen molar-refractivity contribution in [1.29, 1.82) is 0 Å². The van der Waals surface area contributed by atoms with Gasteiger partial charge in [-0.15, -0.1) is 11.3 Å². The van der Waals surface area contributed by atoms with Crippen molar-refractivity contribution in [1.82, 2.24) is 4.98 Å². The van der Waals surface area contributed by atoms with E-state index in [0.717, 1.165) is 15.9 Å². The van der Waals surface area contributed by atoms with Crippen LogP contribution in [0, 0.1) is 5.82 Å². The van der Waals surface area contributed by atoms with Crippen molar-refractivity contribution in [3.8, 4) is 10.6 Å². The number of fused-ring (bicyclic) bond motifs is 1. The molecule has 0 bridgehead atoms. The lowest BCUT2D eigenvalue weighted by molar-refractivity contribution is 0.631. The van der Waals surface area contributed by atoms with Gasteiger partial charge in [-0.2, -0.15) is 0 Å². The summed E-state index contributed by atoms with van der Waals surface area (Å²) in [7, 11) is 0. The molecule has 2 aromatic carbocycles. The van der Waals surface area contributed by atoms with Crippen LogP contribution in [0.3, 0.4) is 0 Å². The number of aliphatic imine (C=N–C) groups is 1. The lowest BCUT2D eigenvalue weighted by atomic mass is 10.2. The van der Waals surface area contributed by atoms with Crippen molar-refractivity contribution < 1.29 is 4.39 Å². The predicted octanol–water partition coefficient (Wildman–Crippen LogP) is 4.11. The topological polar surface area (TPSA) is 51.3 Å². The first-order valence-corrected chi connectivity index (χ1v) is 6.91. The number of hydrogen-bond acceptors (Lipinski definition) is 3. The fraction of sp³-hybridized carbons (Fsp3) is 0.0667. The van der Waals surface area contributed by atoms with Crippen molar-refractivity contribution in [2.24, 2.45) is 10.7 Å². The Morgan fingerprint density at radius 2 is 2.05 bits per heavy atom. The molecular formula is C15H12FN3S. The van der Waals surface area contributed by atoms with Crippen LogP contribution in [0.25, 0.3) is 20.8 Å². The zero-order chi connectivity index (χ0) is 14.1. The largest absolute Gasteiger partial charge is 0.387 e. The fourth-order valence-corrected chi connectivity index (χ4v) is 2.91. The average molecular weight is 285 g/mol. The van der Waals surface area contributed by atoms with E-state index in [0.29, 0.717) is 16.4 Å². The van der Waals surface area contributed by atoms with Gasteiger partial charge in [-0.1, -0.05) is 12.1 Å². The number of thiazole rings is 1. The highest BCUT2D eigenvalue weighted by Gasteiger charge is 2.10. The van der Waals surface area contributed by atoms with Crippen molar-refractivity contribution >= 4 is 33.1 Å². The van der Waals surface area contributed by atoms with Crippen LogP contribution in [0.1, 0.15) is 6.92 Å². The number of hydrogen-bond donors (Lipinski definition) is 1. The summed E-state index contributed by atoms with van der Waals surface area (Å²) in [5.74, 6) is 0.233. The first kappa shape index (κ1) is 12.7. The Labute approximate surface area is 119 Å². The minimum absolute atomic E-state index is 0.261. The standard InChI is InChI=1S/C15H12FN3S/c1-9(17)18-10-6-7-14-13(8-10)19-15(20-14)11-4-2-3-5-12(11)16/h2-8H,1H3,(H2,17,18). The smallest absolute Gasteiger partial charge is 0.133 e. The normalized spacial score (nSPS) is 12.0. The average Bonchev–Trinajstić information content (AvgIpc) is 2.81. The molecule has 0 aliphatic carbocycles. The minimum Gasteiger partial charge on any atom is -0.387 e. The van der Waals surface area contributed by atoms with Gasteiger partial charge in [0.15, 0.2) is 0 Å². The van der Waals surface area contributed by atoms with E-state index in [-0.39, 0.29) is 5.82 Å². The summed E-state index contributed by atoms with van der Waals surface area (Å²) >= 11 is 1.46. The number of halogens is 1. The molecule has 1 aromatic heterocycles. The molecule has 0 fully saturated rings. The molecule has 20 heavy (non-hydrogen) atoms. The number of aromatic nitrogens is 1. The number of amidine groups is 1. The highest BCUT2D eigenvalue weighted by atomic mass is 32.1. The molecular weight excluding hydrogens is 273 g/mol. The van der Waals surface area contributed by atoms with Gasteiger partial charge < -0.3 is 5.73 Å². The van der Waals surface area contributed by atoms with Gasteiger partial charge in [0.1, 0.15) is 10.8 Å². The van der Waals surface area contributed by atoms with E-state index in [1.807, 2.05) is 18.2 Å². The van der Waals surface area contributed by atoms with Gasteiger partial charge in [-0.25, -0.2) is 14.4 Å². The molecule has 100 valence electrons. The third-order valence-electron chi connectivity index (χ3n) is 2.78. The van der Waals surface area contributed by atoms with Crippen LogP contribution in [0.2, 0.25) is 0 Å². The molecule has 0 atom stereocenters. The van der Waals surface area contributed by atoms with Crippen molar-refractivity contribution in [2.75, 3.05) is 0 Å². The molecule has 0 saturated carbocycles. The van der Waals surface area contributed by atoms with E-state index >= 15 is 0 Å². The predicted molar refractivity (Wildman–Crippen MR) is 82.0 cm³/mol. The van der Waals surface area contributed by atoms with Gasteiger partial charge in [0.2, 0.25) is 0 Å². The molecule has 3 aromatic rings. The second-order valence-electron chi connectivity index (χ2n) is 4.40. The Hall–Kier alpha value is -2.27. The lowest BCUT2D eigenvalue weighted by Crippen LogP contribution is -2.03. The molecule has 3 rings (SSSR count). The summed E-state index contributed by atoms with van der Waals surface area (Å²) in [5, 5.41) is 0.670. The summed E-state index contributed by atoms with van der Waals surface area (Å²) in [5.41, 5.74) is 7.64.